The molecule has 1 N–H and O–H groups in total. The minimum absolute atomic E-state index is 0.0427. The van der Waals surface area contributed by atoms with E-state index in [-0.39, 0.29) is 17.5 Å². The molecule has 3 aromatic rings. The van der Waals surface area contributed by atoms with E-state index < -0.39 is 5.82 Å². The molecule has 1 aliphatic rings. The second kappa shape index (κ2) is 7.71. The molecule has 7 heteroatoms. The Kier molecular flexibility index (Phi) is 4.95. The molecule has 0 atom stereocenters. The summed E-state index contributed by atoms with van der Waals surface area (Å²) in [6.45, 7) is 0.482. The van der Waals surface area contributed by atoms with Crippen LogP contribution in [0.15, 0.2) is 66.9 Å². The second-order valence-corrected chi connectivity index (χ2v) is 6.74. The average molecular weight is 391 g/mol. The molecule has 29 heavy (non-hydrogen) atoms. The third-order valence-electron chi connectivity index (χ3n) is 4.89. The fourth-order valence-electron chi connectivity index (χ4n) is 3.48. The third-order valence-corrected chi connectivity index (χ3v) is 4.89. The summed E-state index contributed by atoms with van der Waals surface area (Å²) in [6, 6.07) is 15.3. The normalized spacial score (nSPS) is 12.9. The minimum Gasteiger partial charge on any atom is -0.618 e. The van der Waals surface area contributed by atoms with E-state index in [2.05, 4.69) is 5.32 Å². The lowest BCUT2D eigenvalue weighted by Gasteiger charge is -2.30. The zero-order valence-electron chi connectivity index (χ0n) is 15.5. The van der Waals surface area contributed by atoms with Gasteiger partial charge >= 0.3 is 5.91 Å². The molecule has 4 rings (SSSR count). The van der Waals surface area contributed by atoms with Gasteiger partial charge in [-0.1, -0.05) is 6.07 Å². The number of fused-ring (bicyclic) bond motifs is 1. The highest BCUT2D eigenvalue weighted by Gasteiger charge is 2.29. The molecule has 2 amide bonds. The molecule has 1 aromatic heterocycles. The summed E-state index contributed by atoms with van der Waals surface area (Å²) in [4.78, 5) is 27.1. The first-order valence-electron chi connectivity index (χ1n) is 9.23. The molecule has 0 saturated carbocycles. The van der Waals surface area contributed by atoms with E-state index in [4.69, 9.17) is 0 Å². The van der Waals surface area contributed by atoms with Crippen molar-refractivity contribution < 1.29 is 18.7 Å². The van der Waals surface area contributed by atoms with E-state index in [9.17, 15) is 19.2 Å². The van der Waals surface area contributed by atoms with Crippen LogP contribution in [0, 0.1) is 11.0 Å². The van der Waals surface area contributed by atoms with Crippen LogP contribution in [-0.4, -0.2) is 18.4 Å². The summed E-state index contributed by atoms with van der Waals surface area (Å²) < 4.78 is 13.6. The summed E-state index contributed by atoms with van der Waals surface area (Å²) in [6.07, 6.45) is 2.68. The zero-order chi connectivity index (χ0) is 20.4. The first-order valence-corrected chi connectivity index (χ1v) is 9.23. The summed E-state index contributed by atoms with van der Waals surface area (Å²) in [5, 5.41) is 14.8. The first-order chi connectivity index (χ1) is 14.0. The van der Waals surface area contributed by atoms with Crippen LogP contribution in [0.2, 0.25) is 0 Å². The van der Waals surface area contributed by atoms with Crippen LogP contribution in [-0.2, 0) is 6.42 Å². The fraction of sp³-hybridized carbons (Fsp3) is 0.136. The van der Waals surface area contributed by atoms with Crippen molar-refractivity contribution in [2.24, 2.45) is 0 Å². The third kappa shape index (κ3) is 3.67. The number of benzene rings is 2. The molecule has 0 bridgehead atoms. The lowest BCUT2D eigenvalue weighted by molar-refractivity contribution is -0.607. The van der Waals surface area contributed by atoms with Gasteiger partial charge in [0, 0.05) is 35.6 Å². The van der Waals surface area contributed by atoms with Gasteiger partial charge in [-0.05, 0) is 60.9 Å². The Hall–Kier alpha value is -3.74. The fourth-order valence-corrected chi connectivity index (χ4v) is 3.48. The molecule has 146 valence electrons. The SMILES string of the molecule is O=C(Nc1cccc2c1CCCN2C(=O)c1cccc[n+]1[O-])c1ccc(F)cc1. The van der Waals surface area contributed by atoms with Crippen molar-refractivity contribution in [1.82, 2.24) is 0 Å². The Balaban J connectivity index is 1.64. The van der Waals surface area contributed by atoms with E-state index in [1.54, 1.807) is 35.2 Å². The van der Waals surface area contributed by atoms with Gasteiger partial charge in [-0.2, -0.15) is 4.73 Å². The number of amides is 2. The van der Waals surface area contributed by atoms with Gasteiger partial charge in [-0.15, -0.1) is 0 Å². The molecule has 6 nitrogen and oxygen atoms in total. The van der Waals surface area contributed by atoms with Crippen molar-refractivity contribution in [3.63, 3.8) is 0 Å². The van der Waals surface area contributed by atoms with E-state index >= 15 is 0 Å². The summed E-state index contributed by atoms with van der Waals surface area (Å²) in [5.41, 5.74) is 2.47. The number of carbonyl (C=O) groups excluding carboxylic acids is 2. The monoisotopic (exact) mass is 391 g/mol. The molecule has 0 radical (unpaired) electrons. The number of nitrogens with one attached hydrogen (secondary N) is 1. The highest BCUT2D eigenvalue weighted by atomic mass is 19.1. The molecule has 2 aromatic carbocycles. The molecular formula is C22H18FN3O3. The number of hydrogen-bond acceptors (Lipinski definition) is 3. The molecule has 0 spiro atoms. The lowest BCUT2D eigenvalue weighted by atomic mass is 9.99. The molecule has 2 heterocycles. The summed E-state index contributed by atoms with van der Waals surface area (Å²) >= 11 is 0. The van der Waals surface area contributed by atoms with Crippen LogP contribution >= 0.6 is 0 Å². The van der Waals surface area contributed by atoms with Gasteiger partial charge in [0.1, 0.15) is 5.82 Å². The number of anilines is 2. The van der Waals surface area contributed by atoms with Gasteiger partial charge in [-0.25, -0.2) is 4.39 Å². The van der Waals surface area contributed by atoms with Crippen molar-refractivity contribution in [2.45, 2.75) is 12.8 Å². The van der Waals surface area contributed by atoms with Crippen molar-refractivity contribution in [1.29, 1.82) is 0 Å². The van der Waals surface area contributed by atoms with E-state index in [1.807, 2.05) is 0 Å². The smallest absolute Gasteiger partial charge is 0.324 e. The number of halogens is 1. The number of rotatable bonds is 3. The average Bonchev–Trinajstić information content (AvgIpc) is 2.74. The van der Waals surface area contributed by atoms with E-state index in [1.165, 1.54) is 36.5 Å². The molecule has 0 fully saturated rings. The summed E-state index contributed by atoms with van der Waals surface area (Å²) in [7, 11) is 0. The number of hydrogen-bond donors (Lipinski definition) is 1. The largest absolute Gasteiger partial charge is 0.618 e. The standard InChI is InChI=1S/C22H18FN3O3/c23-16-11-9-15(10-12-16)21(27)24-18-6-3-8-19-17(18)5-4-13-25(19)22(28)20-7-1-2-14-26(20)29/h1-3,6-12,14H,4-5,13H2,(H,24,27). The maximum atomic E-state index is 13.1. The predicted octanol–water partition coefficient (Wildman–Crippen LogP) is 3.30. The van der Waals surface area contributed by atoms with Gasteiger partial charge in [0.15, 0.2) is 6.20 Å². The number of aromatic nitrogens is 1. The Morgan fingerprint density at radius 3 is 2.59 bits per heavy atom. The first kappa shape index (κ1) is 18.6. The maximum Gasteiger partial charge on any atom is 0.324 e. The molecule has 0 unspecified atom stereocenters. The molecule has 0 saturated heterocycles. The Bertz CT molecular complexity index is 1080. The molecule has 1 aliphatic heterocycles. The summed E-state index contributed by atoms with van der Waals surface area (Å²) in [5.74, 6) is -1.16. The van der Waals surface area contributed by atoms with Crippen molar-refractivity contribution >= 4 is 23.2 Å². The number of nitrogens with zero attached hydrogens (tertiary/aromatic N) is 2. The topological polar surface area (TPSA) is 76.4 Å². The number of pyridine rings is 1. The van der Waals surface area contributed by atoms with Crippen LogP contribution < -0.4 is 14.9 Å². The second-order valence-electron chi connectivity index (χ2n) is 6.74. The van der Waals surface area contributed by atoms with E-state index in [0.29, 0.717) is 41.1 Å². The lowest BCUT2D eigenvalue weighted by Crippen LogP contribution is -2.43. The van der Waals surface area contributed by atoms with Crippen LogP contribution in [0.4, 0.5) is 15.8 Å². The zero-order valence-corrected chi connectivity index (χ0v) is 15.5. The van der Waals surface area contributed by atoms with Gasteiger partial charge in [-0.3, -0.25) is 9.59 Å². The highest BCUT2D eigenvalue weighted by Crippen LogP contribution is 2.33. The Labute approximate surface area is 166 Å². The van der Waals surface area contributed by atoms with Gasteiger partial charge in [0.05, 0.1) is 0 Å². The van der Waals surface area contributed by atoms with Gasteiger partial charge in [0.25, 0.3) is 11.6 Å². The quantitative estimate of drug-likeness (QED) is 0.550. The van der Waals surface area contributed by atoms with Crippen molar-refractivity contribution in [3.05, 3.63) is 94.7 Å². The predicted molar refractivity (Wildman–Crippen MR) is 106 cm³/mol. The number of carbonyl (C=O) groups is 2. The molecular weight excluding hydrogens is 373 g/mol. The van der Waals surface area contributed by atoms with Crippen molar-refractivity contribution in [3.8, 4) is 0 Å². The van der Waals surface area contributed by atoms with Gasteiger partial charge in [0.2, 0.25) is 0 Å². The van der Waals surface area contributed by atoms with Gasteiger partial charge < -0.3 is 15.4 Å². The maximum absolute atomic E-state index is 13.1. The van der Waals surface area contributed by atoms with Crippen LogP contribution in [0.5, 0.6) is 0 Å². The Morgan fingerprint density at radius 1 is 1.03 bits per heavy atom. The highest BCUT2D eigenvalue weighted by molar-refractivity contribution is 6.07. The Morgan fingerprint density at radius 2 is 1.83 bits per heavy atom. The van der Waals surface area contributed by atoms with Crippen LogP contribution in [0.3, 0.4) is 0 Å². The van der Waals surface area contributed by atoms with E-state index in [0.717, 1.165) is 5.56 Å². The van der Waals surface area contributed by atoms with Crippen LogP contribution in [0.25, 0.3) is 0 Å². The minimum atomic E-state index is -0.413. The molecule has 0 aliphatic carbocycles. The van der Waals surface area contributed by atoms with Crippen molar-refractivity contribution in [2.75, 3.05) is 16.8 Å². The van der Waals surface area contributed by atoms with Crippen LogP contribution in [0.1, 0.15) is 32.8 Å².